The van der Waals surface area contributed by atoms with Crippen LogP contribution in [0.15, 0.2) is 24.3 Å². The van der Waals surface area contributed by atoms with Crippen LogP contribution in [-0.2, 0) is 14.3 Å². The number of rotatable bonds is 5. The lowest BCUT2D eigenvalue weighted by atomic mass is 10.0. The Hall–Kier alpha value is -2.17. The fourth-order valence-corrected chi connectivity index (χ4v) is 1.39. The van der Waals surface area contributed by atoms with E-state index in [0.717, 1.165) is 6.92 Å². The third-order valence-electron chi connectivity index (χ3n) is 2.27. The largest absolute Gasteiger partial charge is 0.497 e. The van der Waals surface area contributed by atoms with E-state index in [1.165, 1.54) is 26.2 Å². The first kappa shape index (κ1) is 13.9. The van der Waals surface area contributed by atoms with Crippen molar-refractivity contribution in [2.45, 2.75) is 20.0 Å². The molecule has 0 aliphatic carbocycles. The summed E-state index contributed by atoms with van der Waals surface area (Å²) in [5.74, 6) is -1.12. The Kier molecular flexibility index (Phi) is 4.59. The van der Waals surface area contributed by atoms with Gasteiger partial charge in [0.05, 0.1) is 7.11 Å². The van der Waals surface area contributed by atoms with Crippen LogP contribution in [0.4, 0.5) is 0 Å². The van der Waals surface area contributed by atoms with Gasteiger partial charge in [-0.3, -0.25) is 14.4 Å². The summed E-state index contributed by atoms with van der Waals surface area (Å²) in [6, 6.07) is 6.22. The number of carbonyl (C=O) groups is 3. The molecule has 1 aromatic carbocycles. The minimum absolute atomic E-state index is 0.289. The molecular formula is C13H14O5. The summed E-state index contributed by atoms with van der Waals surface area (Å²) in [6.07, 6.45) is -1.38. The average molecular weight is 250 g/mol. The summed E-state index contributed by atoms with van der Waals surface area (Å²) in [5, 5.41) is 0. The number of ether oxygens (including phenoxy) is 2. The molecule has 1 rings (SSSR count). The van der Waals surface area contributed by atoms with Gasteiger partial charge in [-0.05, 0) is 31.2 Å². The van der Waals surface area contributed by atoms with E-state index in [1.807, 2.05) is 0 Å². The average Bonchev–Trinajstić information content (AvgIpc) is 2.34. The van der Waals surface area contributed by atoms with Gasteiger partial charge in [0.25, 0.3) is 0 Å². The summed E-state index contributed by atoms with van der Waals surface area (Å²) in [7, 11) is 1.51. The lowest BCUT2D eigenvalue weighted by molar-refractivity contribution is -0.149. The van der Waals surface area contributed by atoms with E-state index in [2.05, 4.69) is 0 Å². The van der Waals surface area contributed by atoms with Crippen LogP contribution in [0.3, 0.4) is 0 Å². The second-order valence-electron chi connectivity index (χ2n) is 3.69. The first-order chi connectivity index (χ1) is 8.45. The number of benzene rings is 1. The monoisotopic (exact) mass is 250 g/mol. The second-order valence-corrected chi connectivity index (χ2v) is 3.69. The molecule has 0 saturated carbocycles. The molecule has 0 N–H and O–H groups in total. The van der Waals surface area contributed by atoms with Gasteiger partial charge in [-0.2, -0.15) is 0 Å². The predicted octanol–water partition coefficient (Wildman–Crippen LogP) is 1.40. The van der Waals surface area contributed by atoms with Crippen molar-refractivity contribution >= 4 is 17.5 Å². The molecule has 0 heterocycles. The van der Waals surface area contributed by atoms with Crippen molar-refractivity contribution in [3.63, 3.8) is 0 Å². The number of ketones is 2. The predicted molar refractivity (Wildman–Crippen MR) is 63.6 cm³/mol. The van der Waals surface area contributed by atoms with Crippen LogP contribution in [0.25, 0.3) is 0 Å². The number of hydrogen-bond donors (Lipinski definition) is 0. The highest BCUT2D eigenvalue weighted by molar-refractivity contribution is 6.13. The number of carbonyl (C=O) groups excluding carboxylic acids is 3. The normalized spacial score (nSPS) is 11.5. The maximum absolute atomic E-state index is 12.0. The third-order valence-corrected chi connectivity index (χ3v) is 2.27. The first-order valence-corrected chi connectivity index (χ1v) is 5.31. The van der Waals surface area contributed by atoms with E-state index >= 15 is 0 Å². The van der Waals surface area contributed by atoms with Crippen LogP contribution >= 0.6 is 0 Å². The van der Waals surface area contributed by atoms with E-state index in [0.29, 0.717) is 5.75 Å². The van der Waals surface area contributed by atoms with E-state index in [4.69, 9.17) is 9.47 Å². The van der Waals surface area contributed by atoms with Gasteiger partial charge in [-0.1, -0.05) is 0 Å². The Bertz CT molecular complexity index is 461. The van der Waals surface area contributed by atoms with E-state index in [1.54, 1.807) is 12.1 Å². The molecule has 1 unspecified atom stereocenters. The molecule has 5 nitrogen and oxygen atoms in total. The van der Waals surface area contributed by atoms with Gasteiger partial charge in [0, 0.05) is 12.5 Å². The summed E-state index contributed by atoms with van der Waals surface area (Å²) in [5.41, 5.74) is 0.289. The van der Waals surface area contributed by atoms with Crippen LogP contribution in [-0.4, -0.2) is 30.7 Å². The molecule has 0 fully saturated rings. The summed E-state index contributed by atoms with van der Waals surface area (Å²) < 4.78 is 9.67. The van der Waals surface area contributed by atoms with Gasteiger partial charge in [-0.25, -0.2) is 0 Å². The molecule has 1 atom stereocenters. The lowest BCUT2D eigenvalue weighted by Gasteiger charge is -2.12. The minimum atomic E-state index is -1.38. The molecule has 0 saturated heterocycles. The van der Waals surface area contributed by atoms with Gasteiger partial charge in [-0.15, -0.1) is 0 Å². The third kappa shape index (κ3) is 3.41. The zero-order valence-electron chi connectivity index (χ0n) is 10.4. The number of methoxy groups -OCH3 is 1. The number of Topliss-reactive ketones (excluding diaryl/α,β-unsaturated/α-hetero) is 2. The van der Waals surface area contributed by atoms with Crippen molar-refractivity contribution in [3.05, 3.63) is 29.8 Å². The van der Waals surface area contributed by atoms with Gasteiger partial charge in [0.2, 0.25) is 11.9 Å². The van der Waals surface area contributed by atoms with Crippen LogP contribution in [0.1, 0.15) is 24.2 Å². The van der Waals surface area contributed by atoms with Crippen LogP contribution < -0.4 is 4.74 Å². The molecule has 1 aromatic rings. The molecule has 0 radical (unpaired) electrons. The molecular weight excluding hydrogens is 236 g/mol. The molecule has 5 heteroatoms. The first-order valence-electron chi connectivity index (χ1n) is 5.31. The summed E-state index contributed by atoms with van der Waals surface area (Å²) in [6.45, 7) is 2.35. The Balaban J connectivity index is 2.94. The Morgan fingerprint density at radius 3 is 2.00 bits per heavy atom. The molecule has 0 aliphatic rings. The van der Waals surface area contributed by atoms with Crippen molar-refractivity contribution in [3.8, 4) is 5.75 Å². The Morgan fingerprint density at radius 2 is 1.61 bits per heavy atom. The molecule has 0 amide bonds. The lowest BCUT2D eigenvalue weighted by Crippen LogP contribution is -2.33. The van der Waals surface area contributed by atoms with Crippen molar-refractivity contribution in [2.24, 2.45) is 0 Å². The molecule has 0 bridgehead atoms. The second kappa shape index (κ2) is 5.95. The quantitative estimate of drug-likeness (QED) is 0.449. The van der Waals surface area contributed by atoms with Crippen molar-refractivity contribution < 1.29 is 23.9 Å². The van der Waals surface area contributed by atoms with Crippen LogP contribution in [0, 0.1) is 0 Å². The standard InChI is InChI=1S/C13H14O5/c1-8(14)13(18-9(2)15)12(16)10-4-6-11(17-3)7-5-10/h4-7,13H,1-3H3. The van der Waals surface area contributed by atoms with E-state index in [9.17, 15) is 14.4 Å². The number of hydrogen-bond acceptors (Lipinski definition) is 5. The van der Waals surface area contributed by atoms with Crippen molar-refractivity contribution in [1.29, 1.82) is 0 Å². The zero-order chi connectivity index (χ0) is 13.7. The van der Waals surface area contributed by atoms with Gasteiger partial charge < -0.3 is 9.47 Å². The molecule has 96 valence electrons. The molecule has 0 aromatic heterocycles. The molecule has 0 spiro atoms. The highest BCUT2D eigenvalue weighted by Crippen LogP contribution is 2.14. The highest BCUT2D eigenvalue weighted by Gasteiger charge is 2.27. The fraction of sp³-hybridized carbons (Fsp3) is 0.308. The van der Waals surface area contributed by atoms with Crippen LogP contribution in [0.2, 0.25) is 0 Å². The van der Waals surface area contributed by atoms with Gasteiger partial charge >= 0.3 is 5.97 Å². The summed E-state index contributed by atoms with van der Waals surface area (Å²) in [4.78, 5) is 34.1. The SMILES string of the molecule is COc1ccc(C(=O)C(OC(C)=O)C(C)=O)cc1. The number of esters is 1. The Labute approximate surface area is 105 Å². The smallest absolute Gasteiger partial charge is 0.303 e. The maximum Gasteiger partial charge on any atom is 0.303 e. The molecule has 18 heavy (non-hydrogen) atoms. The fourth-order valence-electron chi connectivity index (χ4n) is 1.39. The van der Waals surface area contributed by atoms with Crippen LogP contribution in [0.5, 0.6) is 5.75 Å². The van der Waals surface area contributed by atoms with E-state index < -0.39 is 23.6 Å². The van der Waals surface area contributed by atoms with Gasteiger partial charge in [0.1, 0.15) is 5.75 Å². The minimum Gasteiger partial charge on any atom is -0.497 e. The molecule has 0 aliphatic heterocycles. The van der Waals surface area contributed by atoms with Crippen molar-refractivity contribution in [1.82, 2.24) is 0 Å². The topological polar surface area (TPSA) is 69.7 Å². The Morgan fingerprint density at radius 1 is 1.06 bits per heavy atom. The summed E-state index contributed by atoms with van der Waals surface area (Å²) >= 11 is 0. The zero-order valence-corrected chi connectivity index (χ0v) is 10.4. The van der Waals surface area contributed by atoms with Crippen molar-refractivity contribution in [2.75, 3.05) is 7.11 Å². The highest BCUT2D eigenvalue weighted by atomic mass is 16.5. The van der Waals surface area contributed by atoms with Gasteiger partial charge in [0.15, 0.2) is 5.78 Å². The van der Waals surface area contributed by atoms with E-state index in [-0.39, 0.29) is 5.56 Å². The maximum atomic E-state index is 12.0.